The van der Waals surface area contributed by atoms with E-state index in [9.17, 15) is 9.90 Å². The highest BCUT2D eigenvalue weighted by molar-refractivity contribution is 5.84. The third kappa shape index (κ3) is 1.19. The van der Waals surface area contributed by atoms with E-state index in [1.165, 1.54) is 0 Å². The van der Waals surface area contributed by atoms with Gasteiger partial charge in [0, 0.05) is 5.69 Å². The van der Waals surface area contributed by atoms with E-state index in [2.05, 4.69) is 9.97 Å². The summed E-state index contributed by atoms with van der Waals surface area (Å²) >= 11 is 0. The maximum absolute atomic E-state index is 11.3. The summed E-state index contributed by atoms with van der Waals surface area (Å²) in [6.45, 7) is 1.85. The van der Waals surface area contributed by atoms with Gasteiger partial charge in [-0.3, -0.25) is 4.79 Å². The number of rotatable bonds is 2. The predicted octanol–water partition coefficient (Wildman–Crippen LogP) is 1.39. The van der Waals surface area contributed by atoms with Crippen molar-refractivity contribution in [1.82, 2.24) is 9.97 Å². The number of nitrogens with zero attached hydrogens (tertiary/aromatic N) is 2. The van der Waals surface area contributed by atoms with Gasteiger partial charge in [0.15, 0.2) is 0 Å². The standard InChI is InChI=1S/C12H14N2O2/c1-7-13-9-4-2-3-8(9)10(14-7)12(5-6-12)11(15)16/h2-6H2,1H3,(H,15,16). The quantitative estimate of drug-likeness (QED) is 0.814. The van der Waals surface area contributed by atoms with E-state index in [-0.39, 0.29) is 0 Å². The molecule has 0 saturated heterocycles. The summed E-state index contributed by atoms with van der Waals surface area (Å²) in [5.41, 5.74) is 2.32. The van der Waals surface area contributed by atoms with Crippen molar-refractivity contribution in [3.05, 3.63) is 22.8 Å². The molecule has 1 heterocycles. The monoisotopic (exact) mass is 218 g/mol. The molecular formula is C12H14N2O2. The van der Waals surface area contributed by atoms with Crippen LogP contribution in [0.1, 0.15) is 42.0 Å². The number of hydrogen-bond donors (Lipinski definition) is 1. The van der Waals surface area contributed by atoms with Gasteiger partial charge in [0.1, 0.15) is 11.2 Å². The summed E-state index contributed by atoms with van der Waals surface area (Å²) < 4.78 is 0. The molecule has 0 unspecified atom stereocenters. The highest BCUT2D eigenvalue weighted by atomic mass is 16.4. The van der Waals surface area contributed by atoms with Crippen LogP contribution in [0.25, 0.3) is 0 Å². The third-order valence-electron chi connectivity index (χ3n) is 3.66. The van der Waals surface area contributed by atoms with Crippen molar-refractivity contribution in [2.75, 3.05) is 0 Å². The lowest BCUT2D eigenvalue weighted by Crippen LogP contribution is -2.23. The van der Waals surface area contributed by atoms with Gasteiger partial charge in [0.2, 0.25) is 0 Å². The molecule has 0 bridgehead atoms. The number of aliphatic carboxylic acids is 1. The minimum Gasteiger partial charge on any atom is -0.481 e. The highest BCUT2D eigenvalue weighted by Crippen LogP contribution is 2.49. The van der Waals surface area contributed by atoms with Crippen LogP contribution < -0.4 is 0 Å². The molecule has 84 valence electrons. The van der Waals surface area contributed by atoms with Gasteiger partial charge in [-0.25, -0.2) is 9.97 Å². The lowest BCUT2D eigenvalue weighted by atomic mass is 9.96. The maximum Gasteiger partial charge on any atom is 0.315 e. The van der Waals surface area contributed by atoms with Gasteiger partial charge >= 0.3 is 5.97 Å². The van der Waals surface area contributed by atoms with Crippen molar-refractivity contribution >= 4 is 5.97 Å². The molecule has 1 fully saturated rings. The molecule has 0 atom stereocenters. The van der Waals surface area contributed by atoms with E-state index in [4.69, 9.17) is 0 Å². The van der Waals surface area contributed by atoms with Crippen molar-refractivity contribution in [3.8, 4) is 0 Å². The summed E-state index contributed by atoms with van der Waals surface area (Å²) in [6, 6.07) is 0. The Bertz CT molecular complexity index is 478. The maximum atomic E-state index is 11.3. The van der Waals surface area contributed by atoms with Crippen LogP contribution in [0.5, 0.6) is 0 Å². The summed E-state index contributed by atoms with van der Waals surface area (Å²) in [7, 11) is 0. The molecule has 4 heteroatoms. The predicted molar refractivity (Wildman–Crippen MR) is 57.3 cm³/mol. The molecular weight excluding hydrogens is 204 g/mol. The van der Waals surface area contributed by atoms with Gasteiger partial charge in [-0.1, -0.05) is 0 Å². The van der Waals surface area contributed by atoms with Crippen molar-refractivity contribution in [2.45, 2.75) is 44.4 Å². The van der Waals surface area contributed by atoms with Gasteiger partial charge in [-0.2, -0.15) is 0 Å². The van der Waals surface area contributed by atoms with E-state index in [1.54, 1.807) is 0 Å². The first-order valence-electron chi connectivity index (χ1n) is 5.74. The van der Waals surface area contributed by atoms with E-state index in [0.717, 1.165) is 49.1 Å². The fourth-order valence-electron chi connectivity index (χ4n) is 2.63. The van der Waals surface area contributed by atoms with Gasteiger partial charge in [0.25, 0.3) is 0 Å². The molecule has 1 saturated carbocycles. The summed E-state index contributed by atoms with van der Waals surface area (Å²) in [5.74, 6) is -0.0112. The molecule has 0 radical (unpaired) electrons. The number of hydrogen-bond acceptors (Lipinski definition) is 3. The molecule has 3 rings (SSSR count). The van der Waals surface area contributed by atoms with Crippen LogP contribution in [0.4, 0.5) is 0 Å². The molecule has 2 aliphatic rings. The molecule has 4 nitrogen and oxygen atoms in total. The zero-order chi connectivity index (χ0) is 11.3. The Balaban J connectivity index is 2.18. The minimum atomic E-state index is -0.722. The molecule has 0 spiro atoms. The fraction of sp³-hybridized carbons (Fsp3) is 0.583. The Kier molecular flexibility index (Phi) is 1.85. The van der Waals surface area contributed by atoms with Crippen LogP contribution in [0, 0.1) is 6.92 Å². The largest absolute Gasteiger partial charge is 0.481 e. The highest BCUT2D eigenvalue weighted by Gasteiger charge is 2.54. The van der Waals surface area contributed by atoms with Crippen LogP contribution >= 0.6 is 0 Å². The molecule has 2 aliphatic carbocycles. The number of aryl methyl sites for hydroxylation is 2. The Morgan fingerprint density at radius 1 is 1.31 bits per heavy atom. The van der Waals surface area contributed by atoms with Crippen LogP contribution in [-0.2, 0) is 23.1 Å². The molecule has 1 aromatic heterocycles. The first-order valence-corrected chi connectivity index (χ1v) is 5.74. The number of carboxylic acids is 1. The summed E-state index contributed by atoms with van der Waals surface area (Å²) in [6.07, 6.45) is 4.45. The van der Waals surface area contributed by atoms with E-state index in [1.807, 2.05) is 6.92 Å². The Morgan fingerprint density at radius 3 is 2.69 bits per heavy atom. The lowest BCUT2D eigenvalue weighted by molar-refractivity contribution is -0.140. The van der Waals surface area contributed by atoms with Crippen molar-refractivity contribution in [3.63, 3.8) is 0 Å². The average Bonchev–Trinajstić information content (AvgIpc) is 2.91. The SMILES string of the molecule is Cc1nc2c(c(C3(C(=O)O)CC3)n1)CCC2. The van der Waals surface area contributed by atoms with Crippen molar-refractivity contribution in [1.29, 1.82) is 0 Å². The average molecular weight is 218 g/mol. The van der Waals surface area contributed by atoms with E-state index < -0.39 is 11.4 Å². The molecule has 1 N–H and O–H groups in total. The zero-order valence-electron chi connectivity index (χ0n) is 9.29. The van der Waals surface area contributed by atoms with Gasteiger partial charge in [-0.15, -0.1) is 0 Å². The van der Waals surface area contributed by atoms with E-state index >= 15 is 0 Å². The molecule has 0 aliphatic heterocycles. The summed E-state index contributed by atoms with van der Waals surface area (Å²) in [5, 5.41) is 9.32. The molecule has 0 amide bonds. The number of carboxylic acid groups (broad SMARTS) is 1. The lowest BCUT2D eigenvalue weighted by Gasteiger charge is -2.14. The second kappa shape index (κ2) is 3.03. The smallest absolute Gasteiger partial charge is 0.315 e. The fourth-order valence-corrected chi connectivity index (χ4v) is 2.63. The Hall–Kier alpha value is -1.45. The van der Waals surface area contributed by atoms with Crippen LogP contribution in [-0.4, -0.2) is 21.0 Å². The molecule has 1 aromatic rings. The Morgan fingerprint density at radius 2 is 2.06 bits per heavy atom. The van der Waals surface area contributed by atoms with Crippen molar-refractivity contribution in [2.24, 2.45) is 0 Å². The minimum absolute atomic E-state index is 0.678. The van der Waals surface area contributed by atoms with Crippen LogP contribution in [0.15, 0.2) is 0 Å². The normalized spacial score (nSPS) is 20.6. The first-order chi connectivity index (χ1) is 7.63. The summed E-state index contributed by atoms with van der Waals surface area (Å²) in [4.78, 5) is 20.2. The van der Waals surface area contributed by atoms with Crippen molar-refractivity contribution < 1.29 is 9.90 Å². The zero-order valence-corrected chi connectivity index (χ0v) is 9.29. The van der Waals surface area contributed by atoms with E-state index in [0.29, 0.717) is 5.82 Å². The van der Waals surface area contributed by atoms with Crippen LogP contribution in [0.2, 0.25) is 0 Å². The first kappa shape index (κ1) is 9.75. The molecule has 16 heavy (non-hydrogen) atoms. The van der Waals surface area contributed by atoms with Crippen LogP contribution in [0.3, 0.4) is 0 Å². The number of fused-ring (bicyclic) bond motifs is 1. The topological polar surface area (TPSA) is 63.1 Å². The van der Waals surface area contributed by atoms with Gasteiger partial charge in [-0.05, 0) is 44.6 Å². The molecule has 0 aromatic carbocycles. The Labute approximate surface area is 93.7 Å². The number of carbonyl (C=O) groups is 1. The second-order valence-electron chi connectivity index (χ2n) is 4.79. The second-order valence-corrected chi connectivity index (χ2v) is 4.79. The van der Waals surface area contributed by atoms with Gasteiger partial charge in [0.05, 0.1) is 5.69 Å². The third-order valence-corrected chi connectivity index (χ3v) is 3.66. The van der Waals surface area contributed by atoms with Gasteiger partial charge < -0.3 is 5.11 Å². The number of aromatic nitrogens is 2.